The lowest BCUT2D eigenvalue weighted by atomic mass is 9.99. The number of Topliss-reactive ketones (excluding diaryl/α,β-unsaturated/α-hetero) is 1. The zero-order valence-corrected chi connectivity index (χ0v) is 6.84. The van der Waals surface area contributed by atoms with Crippen LogP contribution in [0.1, 0.15) is 35.2 Å². The van der Waals surface area contributed by atoms with Gasteiger partial charge in [0.25, 0.3) is 0 Å². The molecule has 1 fully saturated rings. The van der Waals surface area contributed by atoms with E-state index in [0.717, 1.165) is 12.0 Å². The maximum Gasteiger partial charge on any atom is 0.164 e. The monoisotopic (exact) mass is 158 g/mol. The molecule has 0 heterocycles. The van der Waals surface area contributed by atoms with Crippen molar-refractivity contribution in [2.75, 3.05) is 0 Å². The maximum absolute atomic E-state index is 11.5. The second-order valence-electron chi connectivity index (χ2n) is 3.93. The molecule has 1 saturated carbocycles. The number of carbonyl (C=O) groups excluding carboxylic acids is 1. The van der Waals surface area contributed by atoms with E-state index in [0.29, 0.717) is 11.2 Å². The standard InChI is InChI=1S/C11H10O/c12-10-7-11(5-6-11)9-4-2-1-3-8(9)10/h1-4H,5-7H2. The van der Waals surface area contributed by atoms with Gasteiger partial charge in [-0.05, 0) is 18.4 Å². The van der Waals surface area contributed by atoms with Gasteiger partial charge in [-0.15, -0.1) is 0 Å². The van der Waals surface area contributed by atoms with Gasteiger partial charge in [-0.3, -0.25) is 4.79 Å². The van der Waals surface area contributed by atoms with E-state index in [4.69, 9.17) is 0 Å². The Bertz CT molecular complexity index is 361. The summed E-state index contributed by atoms with van der Waals surface area (Å²) >= 11 is 0. The van der Waals surface area contributed by atoms with Crippen LogP contribution in [0, 0.1) is 0 Å². The Balaban J connectivity index is 2.27. The highest BCUT2D eigenvalue weighted by Crippen LogP contribution is 2.56. The first-order chi connectivity index (χ1) is 5.82. The van der Waals surface area contributed by atoms with Gasteiger partial charge in [0, 0.05) is 17.4 Å². The van der Waals surface area contributed by atoms with E-state index >= 15 is 0 Å². The van der Waals surface area contributed by atoms with Gasteiger partial charge >= 0.3 is 0 Å². The van der Waals surface area contributed by atoms with Gasteiger partial charge in [0.2, 0.25) is 0 Å². The topological polar surface area (TPSA) is 17.1 Å². The Morgan fingerprint density at radius 2 is 1.92 bits per heavy atom. The smallest absolute Gasteiger partial charge is 0.164 e. The minimum atomic E-state index is 0.299. The molecule has 0 saturated heterocycles. The second-order valence-corrected chi connectivity index (χ2v) is 3.93. The summed E-state index contributed by atoms with van der Waals surface area (Å²) in [6.07, 6.45) is 3.21. The molecule has 0 unspecified atom stereocenters. The van der Waals surface area contributed by atoms with E-state index in [2.05, 4.69) is 6.07 Å². The molecule has 2 aliphatic carbocycles. The summed E-state index contributed by atoms with van der Waals surface area (Å²) in [6, 6.07) is 8.08. The molecule has 0 radical (unpaired) electrons. The highest BCUT2D eigenvalue weighted by molar-refractivity contribution is 6.02. The number of benzene rings is 1. The molecule has 0 aliphatic heterocycles. The second kappa shape index (κ2) is 1.79. The third-order valence-electron chi connectivity index (χ3n) is 3.15. The molecule has 2 aliphatic rings. The molecule has 1 nitrogen and oxygen atoms in total. The summed E-state index contributed by atoms with van der Waals surface area (Å²) in [5, 5.41) is 0. The van der Waals surface area contributed by atoms with E-state index in [-0.39, 0.29) is 0 Å². The average Bonchev–Trinajstić information content (AvgIpc) is 2.79. The Morgan fingerprint density at radius 1 is 1.17 bits per heavy atom. The Hall–Kier alpha value is -1.11. The molecule has 0 bridgehead atoms. The highest BCUT2D eigenvalue weighted by Gasteiger charge is 2.51. The molecule has 0 N–H and O–H groups in total. The van der Waals surface area contributed by atoms with Gasteiger partial charge in [-0.25, -0.2) is 0 Å². The van der Waals surface area contributed by atoms with Crippen molar-refractivity contribution in [1.82, 2.24) is 0 Å². The highest BCUT2D eigenvalue weighted by atomic mass is 16.1. The van der Waals surface area contributed by atoms with Crippen molar-refractivity contribution in [1.29, 1.82) is 0 Å². The van der Waals surface area contributed by atoms with Crippen LogP contribution in [0.5, 0.6) is 0 Å². The summed E-state index contributed by atoms with van der Waals surface area (Å²) in [5.74, 6) is 0.350. The summed E-state index contributed by atoms with van der Waals surface area (Å²) in [5.41, 5.74) is 2.60. The number of rotatable bonds is 0. The third-order valence-corrected chi connectivity index (χ3v) is 3.15. The quantitative estimate of drug-likeness (QED) is 0.566. The fraction of sp³-hybridized carbons (Fsp3) is 0.364. The zero-order chi connectivity index (χ0) is 8.18. The molecule has 0 amide bonds. The molecule has 60 valence electrons. The molecule has 3 rings (SSSR count). The van der Waals surface area contributed by atoms with Gasteiger partial charge in [0.05, 0.1) is 0 Å². The van der Waals surface area contributed by atoms with Crippen LogP contribution >= 0.6 is 0 Å². The van der Waals surface area contributed by atoms with Gasteiger partial charge in [-0.1, -0.05) is 24.3 Å². The van der Waals surface area contributed by atoms with Crippen molar-refractivity contribution in [2.45, 2.75) is 24.7 Å². The summed E-state index contributed by atoms with van der Waals surface area (Å²) < 4.78 is 0. The van der Waals surface area contributed by atoms with E-state index in [1.807, 2.05) is 18.2 Å². The molecule has 1 aromatic carbocycles. The lowest BCUT2D eigenvalue weighted by Gasteiger charge is -2.04. The van der Waals surface area contributed by atoms with E-state index in [9.17, 15) is 4.79 Å². The fourth-order valence-corrected chi connectivity index (χ4v) is 2.28. The summed E-state index contributed by atoms with van der Waals surface area (Å²) in [7, 11) is 0. The van der Waals surface area contributed by atoms with Crippen LogP contribution in [-0.4, -0.2) is 5.78 Å². The van der Waals surface area contributed by atoms with Crippen molar-refractivity contribution in [3.63, 3.8) is 0 Å². The minimum absolute atomic E-state index is 0.299. The number of hydrogen-bond acceptors (Lipinski definition) is 1. The molecule has 12 heavy (non-hydrogen) atoms. The van der Waals surface area contributed by atoms with Crippen molar-refractivity contribution >= 4 is 5.78 Å². The number of fused-ring (bicyclic) bond motifs is 2. The molecule has 0 atom stereocenters. The molecular weight excluding hydrogens is 148 g/mol. The lowest BCUT2D eigenvalue weighted by molar-refractivity contribution is 0.0986. The number of ketones is 1. The van der Waals surface area contributed by atoms with Gasteiger partial charge < -0.3 is 0 Å². The van der Waals surface area contributed by atoms with E-state index < -0.39 is 0 Å². The van der Waals surface area contributed by atoms with Crippen molar-refractivity contribution in [2.24, 2.45) is 0 Å². The van der Waals surface area contributed by atoms with Gasteiger partial charge in [-0.2, -0.15) is 0 Å². The number of carbonyl (C=O) groups is 1. The van der Waals surface area contributed by atoms with E-state index in [1.54, 1.807) is 0 Å². The molecule has 1 heteroatoms. The fourth-order valence-electron chi connectivity index (χ4n) is 2.28. The minimum Gasteiger partial charge on any atom is -0.294 e. The first-order valence-electron chi connectivity index (χ1n) is 4.45. The van der Waals surface area contributed by atoms with Gasteiger partial charge in [0.1, 0.15) is 0 Å². The van der Waals surface area contributed by atoms with Crippen LogP contribution in [0.3, 0.4) is 0 Å². The average molecular weight is 158 g/mol. The predicted molar refractivity (Wildman–Crippen MR) is 46.3 cm³/mol. The maximum atomic E-state index is 11.5. The molecular formula is C11H10O. The van der Waals surface area contributed by atoms with Crippen LogP contribution in [-0.2, 0) is 5.41 Å². The largest absolute Gasteiger partial charge is 0.294 e. The van der Waals surface area contributed by atoms with Crippen molar-refractivity contribution in [3.05, 3.63) is 35.4 Å². The predicted octanol–water partition coefficient (Wildman–Crippen LogP) is 2.30. The molecule has 1 spiro atoms. The van der Waals surface area contributed by atoms with Crippen LogP contribution in [0.25, 0.3) is 0 Å². The summed E-state index contributed by atoms with van der Waals surface area (Å²) in [6.45, 7) is 0. The zero-order valence-electron chi connectivity index (χ0n) is 6.84. The first kappa shape index (κ1) is 6.41. The van der Waals surface area contributed by atoms with Crippen LogP contribution in [0.15, 0.2) is 24.3 Å². The van der Waals surface area contributed by atoms with Crippen LogP contribution < -0.4 is 0 Å². The third kappa shape index (κ3) is 0.619. The first-order valence-corrected chi connectivity index (χ1v) is 4.45. The summed E-state index contributed by atoms with van der Waals surface area (Å²) in [4.78, 5) is 11.5. The van der Waals surface area contributed by atoms with Crippen molar-refractivity contribution < 1.29 is 4.79 Å². The lowest BCUT2D eigenvalue weighted by Crippen LogP contribution is -1.99. The van der Waals surface area contributed by atoms with Gasteiger partial charge in [0.15, 0.2) is 5.78 Å². The Morgan fingerprint density at radius 3 is 2.67 bits per heavy atom. The SMILES string of the molecule is O=C1CC2(CC2)c2ccccc21. The van der Waals surface area contributed by atoms with Crippen molar-refractivity contribution in [3.8, 4) is 0 Å². The van der Waals surface area contributed by atoms with Crippen LogP contribution in [0.4, 0.5) is 0 Å². The van der Waals surface area contributed by atoms with E-state index in [1.165, 1.54) is 18.4 Å². The Kier molecular flexibility index (Phi) is 0.957. The Labute approximate surface area is 71.4 Å². The normalized spacial score (nSPS) is 22.8. The number of hydrogen-bond donors (Lipinski definition) is 0. The van der Waals surface area contributed by atoms with Crippen LogP contribution in [0.2, 0.25) is 0 Å². The molecule has 1 aromatic rings. The molecule has 0 aromatic heterocycles.